The van der Waals surface area contributed by atoms with E-state index in [1.807, 2.05) is 37.3 Å². The number of sulfonamides is 1. The number of hydrazone groups is 1. The van der Waals surface area contributed by atoms with Crippen LogP contribution in [0.3, 0.4) is 0 Å². The van der Waals surface area contributed by atoms with Gasteiger partial charge in [-0.05, 0) is 49.9 Å². The van der Waals surface area contributed by atoms with Crippen molar-refractivity contribution < 1.29 is 18.4 Å². The summed E-state index contributed by atoms with van der Waals surface area (Å²) in [6.07, 6.45) is 0. The van der Waals surface area contributed by atoms with Gasteiger partial charge < -0.3 is 5.11 Å². The van der Waals surface area contributed by atoms with Crippen molar-refractivity contribution in [2.45, 2.75) is 25.7 Å². The lowest BCUT2D eigenvalue weighted by atomic mass is 10.0. The number of fused-ring (bicyclic) bond motifs is 1. The molecule has 0 saturated heterocycles. The van der Waals surface area contributed by atoms with Crippen LogP contribution >= 0.6 is 0 Å². The second-order valence-corrected chi connectivity index (χ2v) is 10.0. The number of aryl methyl sites for hydroxylation is 2. The maximum absolute atomic E-state index is 13.3. The number of hydrogen-bond acceptors (Lipinski definition) is 7. The molecule has 4 rings (SSSR count). The van der Waals surface area contributed by atoms with Crippen LogP contribution in [-0.4, -0.2) is 24.2 Å². The molecule has 0 heterocycles. The van der Waals surface area contributed by atoms with Crippen LogP contribution in [0.15, 0.2) is 82.8 Å². The summed E-state index contributed by atoms with van der Waals surface area (Å²) in [5.41, 5.74) is 5.25. The fourth-order valence-corrected chi connectivity index (χ4v) is 5.13. The van der Waals surface area contributed by atoms with Gasteiger partial charge in [-0.3, -0.25) is 20.3 Å². The van der Waals surface area contributed by atoms with Crippen LogP contribution in [0.1, 0.15) is 23.6 Å². The predicted octanol–water partition coefficient (Wildman–Crippen LogP) is 5.71. The number of nitrogens with zero attached hydrogens (tertiary/aromatic N) is 2. The standard InChI is InChI=1S/C26H24N4O5S/c1-16-8-12-23(17(2)14-16)29-36(34,35)25-15-20(30(32)33)10-13-24(25)28-27-18(3)21-11-9-19-6-4-5-7-22(19)26(21)31/h4-15,28-29,31H,1-3H3/b27-18-. The first kappa shape index (κ1) is 24.7. The van der Waals surface area contributed by atoms with Crippen molar-refractivity contribution in [3.05, 3.63) is 99.6 Å². The summed E-state index contributed by atoms with van der Waals surface area (Å²) < 4.78 is 29.1. The molecule has 0 bridgehead atoms. The first-order chi connectivity index (χ1) is 17.1. The van der Waals surface area contributed by atoms with Gasteiger partial charge in [-0.2, -0.15) is 5.10 Å². The molecular weight excluding hydrogens is 480 g/mol. The van der Waals surface area contributed by atoms with Crippen LogP contribution in [-0.2, 0) is 10.0 Å². The number of hydrogen-bond donors (Lipinski definition) is 3. The lowest BCUT2D eigenvalue weighted by Crippen LogP contribution is -2.16. The van der Waals surface area contributed by atoms with Crippen molar-refractivity contribution in [2.24, 2.45) is 5.10 Å². The molecule has 0 atom stereocenters. The number of nitro groups is 1. The van der Waals surface area contributed by atoms with Crippen LogP contribution in [0.25, 0.3) is 10.8 Å². The average Bonchev–Trinajstić information content (AvgIpc) is 2.84. The molecule has 0 radical (unpaired) electrons. The highest BCUT2D eigenvalue weighted by atomic mass is 32.2. The van der Waals surface area contributed by atoms with Gasteiger partial charge in [0.15, 0.2) is 0 Å². The summed E-state index contributed by atoms with van der Waals surface area (Å²) in [5.74, 6) is 0.0456. The van der Waals surface area contributed by atoms with Gasteiger partial charge in [0.05, 0.1) is 22.0 Å². The van der Waals surface area contributed by atoms with Crippen LogP contribution in [0, 0.1) is 24.0 Å². The third kappa shape index (κ3) is 4.98. The first-order valence-electron chi connectivity index (χ1n) is 11.0. The predicted molar refractivity (Wildman–Crippen MR) is 141 cm³/mol. The number of rotatable bonds is 7. The van der Waals surface area contributed by atoms with Crippen LogP contribution in [0.5, 0.6) is 5.75 Å². The van der Waals surface area contributed by atoms with E-state index in [-0.39, 0.29) is 22.0 Å². The van der Waals surface area contributed by atoms with E-state index in [2.05, 4.69) is 15.2 Å². The molecule has 9 nitrogen and oxygen atoms in total. The Bertz CT molecular complexity index is 1630. The monoisotopic (exact) mass is 504 g/mol. The van der Waals surface area contributed by atoms with Crippen molar-refractivity contribution in [3.8, 4) is 5.75 Å². The van der Waals surface area contributed by atoms with Gasteiger partial charge in [0.2, 0.25) is 0 Å². The molecule has 4 aromatic rings. The van der Waals surface area contributed by atoms with Gasteiger partial charge >= 0.3 is 0 Å². The van der Waals surface area contributed by atoms with Crippen molar-refractivity contribution in [1.29, 1.82) is 0 Å². The van der Waals surface area contributed by atoms with Crippen molar-refractivity contribution in [1.82, 2.24) is 0 Å². The van der Waals surface area contributed by atoms with E-state index < -0.39 is 14.9 Å². The topological polar surface area (TPSA) is 134 Å². The fourth-order valence-electron chi connectivity index (χ4n) is 3.82. The van der Waals surface area contributed by atoms with Crippen LogP contribution in [0.2, 0.25) is 0 Å². The van der Waals surface area contributed by atoms with E-state index in [0.29, 0.717) is 27.9 Å². The Labute approximate surface area is 208 Å². The zero-order chi connectivity index (χ0) is 26.0. The molecule has 0 unspecified atom stereocenters. The highest BCUT2D eigenvalue weighted by Gasteiger charge is 2.23. The molecule has 184 valence electrons. The highest BCUT2D eigenvalue weighted by Crippen LogP contribution is 2.31. The van der Waals surface area contributed by atoms with E-state index in [9.17, 15) is 23.6 Å². The minimum atomic E-state index is -4.22. The van der Waals surface area contributed by atoms with E-state index in [0.717, 1.165) is 17.0 Å². The summed E-state index contributed by atoms with van der Waals surface area (Å²) in [4.78, 5) is 10.3. The number of benzene rings is 4. The zero-order valence-electron chi connectivity index (χ0n) is 19.8. The maximum Gasteiger partial charge on any atom is 0.270 e. The summed E-state index contributed by atoms with van der Waals surface area (Å²) in [7, 11) is -4.22. The normalized spacial score (nSPS) is 11.9. The lowest BCUT2D eigenvalue weighted by Gasteiger charge is -2.14. The van der Waals surface area contributed by atoms with Gasteiger partial charge in [-0.15, -0.1) is 0 Å². The summed E-state index contributed by atoms with van der Waals surface area (Å²) >= 11 is 0. The Morgan fingerprint density at radius 1 is 0.972 bits per heavy atom. The third-order valence-electron chi connectivity index (χ3n) is 5.73. The molecule has 0 aliphatic heterocycles. The number of nitrogens with one attached hydrogen (secondary N) is 2. The number of anilines is 2. The Hall–Kier alpha value is -4.44. The molecule has 0 aromatic heterocycles. The molecular formula is C26H24N4O5S. The van der Waals surface area contributed by atoms with Crippen LogP contribution in [0.4, 0.5) is 17.1 Å². The molecule has 0 aliphatic rings. The van der Waals surface area contributed by atoms with E-state index >= 15 is 0 Å². The molecule has 0 aliphatic carbocycles. The van der Waals surface area contributed by atoms with Crippen molar-refractivity contribution in [2.75, 3.05) is 10.1 Å². The Morgan fingerprint density at radius 2 is 1.69 bits per heavy atom. The Kier molecular flexibility index (Phi) is 6.63. The Morgan fingerprint density at radius 3 is 2.42 bits per heavy atom. The average molecular weight is 505 g/mol. The molecule has 10 heteroatoms. The van der Waals surface area contributed by atoms with E-state index in [4.69, 9.17) is 0 Å². The summed E-state index contributed by atoms with van der Waals surface area (Å²) in [5, 5.41) is 27.8. The number of nitro benzene ring substituents is 1. The largest absolute Gasteiger partial charge is 0.507 e. The van der Waals surface area contributed by atoms with Gasteiger partial charge in [0.25, 0.3) is 15.7 Å². The zero-order valence-corrected chi connectivity index (χ0v) is 20.6. The van der Waals surface area contributed by atoms with Gasteiger partial charge in [0, 0.05) is 23.1 Å². The molecule has 0 spiro atoms. The maximum atomic E-state index is 13.3. The number of aromatic hydroxyl groups is 1. The lowest BCUT2D eigenvalue weighted by molar-refractivity contribution is -0.385. The number of phenolic OH excluding ortho intramolecular Hbond substituents is 1. The SMILES string of the molecule is C/C(=N/Nc1ccc([N+](=O)[O-])cc1S(=O)(=O)Nc1ccc(C)cc1C)c1ccc2ccccc2c1O. The minimum absolute atomic E-state index is 0.0393. The molecule has 4 aromatic carbocycles. The first-order valence-corrected chi connectivity index (χ1v) is 12.4. The van der Waals surface area contributed by atoms with Gasteiger partial charge in [0.1, 0.15) is 10.6 Å². The molecule has 0 amide bonds. The Balaban J connectivity index is 1.72. The fraction of sp³-hybridized carbons (Fsp3) is 0.115. The summed E-state index contributed by atoms with van der Waals surface area (Å²) in [6.45, 7) is 5.31. The van der Waals surface area contributed by atoms with Crippen LogP contribution < -0.4 is 10.1 Å². The number of non-ortho nitro benzene ring substituents is 1. The smallest absolute Gasteiger partial charge is 0.270 e. The van der Waals surface area contributed by atoms with Gasteiger partial charge in [-0.1, -0.05) is 48.0 Å². The summed E-state index contributed by atoms with van der Waals surface area (Å²) in [6, 6.07) is 19.6. The molecule has 36 heavy (non-hydrogen) atoms. The minimum Gasteiger partial charge on any atom is -0.507 e. The molecule has 0 saturated carbocycles. The third-order valence-corrected chi connectivity index (χ3v) is 7.13. The number of phenols is 1. The molecule has 0 fully saturated rings. The molecule has 3 N–H and O–H groups in total. The quantitative estimate of drug-likeness (QED) is 0.168. The van der Waals surface area contributed by atoms with Crippen molar-refractivity contribution in [3.63, 3.8) is 0 Å². The van der Waals surface area contributed by atoms with E-state index in [1.165, 1.54) is 12.1 Å². The second-order valence-electron chi connectivity index (χ2n) is 8.35. The van der Waals surface area contributed by atoms with Crippen molar-refractivity contribution >= 4 is 43.6 Å². The van der Waals surface area contributed by atoms with E-state index in [1.54, 1.807) is 38.1 Å². The highest BCUT2D eigenvalue weighted by molar-refractivity contribution is 7.92. The van der Waals surface area contributed by atoms with Gasteiger partial charge in [-0.25, -0.2) is 8.42 Å². The second kappa shape index (κ2) is 9.67.